The molecular weight excluding hydrogens is 288 g/mol. The number of methoxy groups -OCH3 is 1. The van der Waals surface area contributed by atoms with E-state index in [1.54, 1.807) is 13.3 Å². The van der Waals surface area contributed by atoms with Crippen LogP contribution in [0.2, 0.25) is 0 Å². The van der Waals surface area contributed by atoms with E-state index in [0.29, 0.717) is 13.2 Å². The van der Waals surface area contributed by atoms with Crippen molar-refractivity contribution < 1.29 is 14.3 Å². The lowest BCUT2D eigenvalue weighted by atomic mass is 10.2. The maximum atomic E-state index is 11.6. The number of hydrogen-bond acceptors (Lipinski definition) is 5. The molecule has 6 heteroatoms. The van der Waals surface area contributed by atoms with E-state index in [0.717, 1.165) is 22.6 Å². The van der Waals surface area contributed by atoms with E-state index in [9.17, 15) is 4.79 Å². The van der Waals surface area contributed by atoms with Crippen LogP contribution >= 0.6 is 11.5 Å². The number of nitrogens with zero attached hydrogens (tertiary/aromatic N) is 1. The van der Waals surface area contributed by atoms with Crippen molar-refractivity contribution in [3.63, 3.8) is 0 Å². The van der Waals surface area contributed by atoms with E-state index < -0.39 is 0 Å². The summed E-state index contributed by atoms with van der Waals surface area (Å²) in [7, 11) is 1.63. The molecule has 1 heterocycles. The van der Waals surface area contributed by atoms with Crippen molar-refractivity contribution in [2.45, 2.75) is 13.0 Å². The minimum absolute atomic E-state index is 0.0642. The van der Waals surface area contributed by atoms with Gasteiger partial charge < -0.3 is 14.8 Å². The topological polar surface area (TPSA) is 60.5 Å². The molecule has 2 aromatic rings. The maximum absolute atomic E-state index is 11.6. The summed E-state index contributed by atoms with van der Waals surface area (Å²) in [6.07, 6.45) is 2.56. The summed E-state index contributed by atoms with van der Waals surface area (Å²) in [5.41, 5.74) is 1.01. The number of rotatable bonds is 8. The van der Waals surface area contributed by atoms with Crippen molar-refractivity contribution in [2.24, 2.45) is 0 Å². The summed E-state index contributed by atoms with van der Waals surface area (Å²) >= 11 is 1.45. The molecule has 21 heavy (non-hydrogen) atoms. The van der Waals surface area contributed by atoms with Gasteiger partial charge in [0, 0.05) is 24.0 Å². The molecule has 0 aliphatic rings. The third kappa shape index (κ3) is 5.53. The Kier molecular flexibility index (Phi) is 6.18. The van der Waals surface area contributed by atoms with Gasteiger partial charge in [-0.1, -0.05) is 12.1 Å². The van der Waals surface area contributed by atoms with Crippen molar-refractivity contribution in [3.05, 3.63) is 47.0 Å². The van der Waals surface area contributed by atoms with Gasteiger partial charge in [0.1, 0.15) is 12.4 Å². The number of nitrogens with one attached hydrogen (secondary N) is 1. The van der Waals surface area contributed by atoms with Crippen LogP contribution in [0.1, 0.15) is 10.4 Å². The zero-order chi connectivity index (χ0) is 14.9. The van der Waals surface area contributed by atoms with E-state index in [4.69, 9.17) is 9.47 Å². The predicted molar refractivity (Wildman–Crippen MR) is 81.5 cm³/mol. The van der Waals surface area contributed by atoms with Crippen molar-refractivity contribution in [1.82, 2.24) is 9.69 Å². The zero-order valence-electron chi connectivity index (χ0n) is 11.9. The number of amides is 1. The lowest BCUT2D eigenvalue weighted by Crippen LogP contribution is -2.29. The highest BCUT2D eigenvalue weighted by molar-refractivity contribution is 7.05. The highest BCUT2D eigenvalue weighted by Gasteiger charge is 2.02. The van der Waals surface area contributed by atoms with E-state index in [-0.39, 0.29) is 12.5 Å². The van der Waals surface area contributed by atoms with Gasteiger partial charge in [-0.15, -0.1) is 0 Å². The molecule has 0 unspecified atom stereocenters. The highest BCUT2D eigenvalue weighted by atomic mass is 32.1. The fourth-order valence-corrected chi connectivity index (χ4v) is 2.30. The molecule has 1 aromatic heterocycles. The fourth-order valence-electron chi connectivity index (χ4n) is 1.73. The van der Waals surface area contributed by atoms with E-state index in [1.807, 2.05) is 30.3 Å². The number of benzene rings is 1. The summed E-state index contributed by atoms with van der Waals surface area (Å²) in [6.45, 7) is 1.08. The Hall–Kier alpha value is -1.92. The molecule has 0 saturated heterocycles. The Morgan fingerprint density at radius 2 is 2.10 bits per heavy atom. The summed E-state index contributed by atoms with van der Waals surface area (Å²) in [6, 6.07) is 9.53. The molecule has 112 valence electrons. The van der Waals surface area contributed by atoms with Crippen molar-refractivity contribution >= 4 is 17.4 Å². The Bertz CT molecular complexity index is 541. The second-order valence-corrected chi connectivity index (χ2v) is 5.34. The van der Waals surface area contributed by atoms with Crippen LogP contribution in [0.15, 0.2) is 36.5 Å². The monoisotopic (exact) mass is 306 g/mol. The zero-order valence-corrected chi connectivity index (χ0v) is 12.7. The maximum Gasteiger partial charge on any atom is 0.246 e. The smallest absolute Gasteiger partial charge is 0.246 e. The number of aromatic nitrogens is 1. The molecule has 0 saturated carbocycles. The van der Waals surface area contributed by atoms with Gasteiger partial charge in [0.05, 0.1) is 13.7 Å². The van der Waals surface area contributed by atoms with Crippen LogP contribution in [0.4, 0.5) is 0 Å². The largest absolute Gasteiger partial charge is 0.497 e. The lowest BCUT2D eigenvalue weighted by Gasteiger charge is -2.06. The van der Waals surface area contributed by atoms with Gasteiger partial charge in [-0.3, -0.25) is 4.79 Å². The molecule has 0 fully saturated rings. The van der Waals surface area contributed by atoms with Crippen LogP contribution in [0.3, 0.4) is 0 Å². The molecule has 0 bridgehead atoms. The van der Waals surface area contributed by atoms with Gasteiger partial charge in [-0.25, -0.2) is 4.37 Å². The summed E-state index contributed by atoms with van der Waals surface area (Å²) < 4.78 is 14.5. The second kappa shape index (κ2) is 8.39. The van der Waals surface area contributed by atoms with Crippen LogP contribution in [0.25, 0.3) is 0 Å². The first-order valence-electron chi connectivity index (χ1n) is 6.65. The van der Waals surface area contributed by atoms with Crippen LogP contribution in [-0.4, -0.2) is 30.5 Å². The first-order valence-corrected chi connectivity index (χ1v) is 7.42. The molecule has 0 radical (unpaired) electrons. The quantitative estimate of drug-likeness (QED) is 0.810. The normalized spacial score (nSPS) is 10.3. The van der Waals surface area contributed by atoms with Gasteiger partial charge in [0.2, 0.25) is 5.91 Å². The second-order valence-electron chi connectivity index (χ2n) is 4.42. The molecule has 1 amide bonds. The molecule has 2 rings (SSSR count). The lowest BCUT2D eigenvalue weighted by molar-refractivity contribution is -0.126. The Labute approximate surface area is 128 Å². The van der Waals surface area contributed by atoms with E-state index >= 15 is 0 Å². The first-order chi connectivity index (χ1) is 10.3. The average molecular weight is 306 g/mol. The summed E-state index contributed by atoms with van der Waals surface area (Å²) in [5, 5.41) is 2.82. The fraction of sp³-hybridized carbons (Fsp3) is 0.333. The van der Waals surface area contributed by atoms with E-state index in [1.165, 1.54) is 11.5 Å². The number of carbonyl (C=O) groups is 1. The van der Waals surface area contributed by atoms with Crippen molar-refractivity contribution in [1.29, 1.82) is 0 Å². The van der Waals surface area contributed by atoms with Gasteiger partial charge in [0.25, 0.3) is 0 Å². The van der Waals surface area contributed by atoms with Crippen LogP contribution in [0.5, 0.6) is 5.75 Å². The third-order valence-electron chi connectivity index (χ3n) is 2.85. The summed E-state index contributed by atoms with van der Waals surface area (Å²) in [5.74, 6) is 0.701. The minimum atomic E-state index is -0.104. The van der Waals surface area contributed by atoms with Gasteiger partial charge in [-0.2, -0.15) is 0 Å². The SMILES string of the molecule is COc1ccc(COCC(=O)NCCc2ccns2)cc1. The minimum Gasteiger partial charge on any atom is -0.497 e. The standard InChI is InChI=1S/C15H18N2O3S/c1-19-13-4-2-12(3-5-13)10-20-11-15(18)16-8-6-14-7-9-17-21-14/h2-5,7,9H,6,8,10-11H2,1H3,(H,16,18). The molecule has 1 aromatic carbocycles. The molecule has 0 atom stereocenters. The molecule has 1 N–H and O–H groups in total. The van der Waals surface area contributed by atoms with Crippen molar-refractivity contribution in [2.75, 3.05) is 20.3 Å². The van der Waals surface area contributed by atoms with Crippen LogP contribution in [0, 0.1) is 0 Å². The predicted octanol–water partition coefficient (Wildman–Crippen LogP) is 2.03. The molecule has 0 aliphatic carbocycles. The van der Waals surface area contributed by atoms with Crippen LogP contribution < -0.4 is 10.1 Å². The van der Waals surface area contributed by atoms with Gasteiger partial charge in [-0.05, 0) is 35.3 Å². The Balaban J connectivity index is 1.60. The highest BCUT2D eigenvalue weighted by Crippen LogP contribution is 2.11. The molecule has 0 aliphatic heterocycles. The number of carbonyl (C=O) groups excluding carboxylic acids is 1. The Morgan fingerprint density at radius 3 is 2.76 bits per heavy atom. The first kappa shape index (κ1) is 15.5. The number of ether oxygens (including phenoxy) is 2. The number of hydrogen-bond donors (Lipinski definition) is 1. The Morgan fingerprint density at radius 1 is 1.29 bits per heavy atom. The van der Waals surface area contributed by atoms with Crippen LogP contribution in [-0.2, 0) is 22.6 Å². The molecular formula is C15H18N2O3S. The van der Waals surface area contributed by atoms with Gasteiger partial charge >= 0.3 is 0 Å². The third-order valence-corrected chi connectivity index (χ3v) is 3.65. The molecule has 0 spiro atoms. The average Bonchev–Trinajstić information content (AvgIpc) is 3.01. The molecule has 5 nitrogen and oxygen atoms in total. The summed E-state index contributed by atoms with van der Waals surface area (Å²) in [4.78, 5) is 12.8. The van der Waals surface area contributed by atoms with Gasteiger partial charge in [0.15, 0.2) is 0 Å². The van der Waals surface area contributed by atoms with Crippen molar-refractivity contribution in [3.8, 4) is 5.75 Å². The van der Waals surface area contributed by atoms with E-state index in [2.05, 4.69) is 9.69 Å².